The second kappa shape index (κ2) is 4.53. The molecule has 1 nitrogen and oxygen atoms in total. The Morgan fingerprint density at radius 1 is 1.18 bits per heavy atom. The summed E-state index contributed by atoms with van der Waals surface area (Å²) in [6.07, 6.45) is -5.56. The van der Waals surface area contributed by atoms with Crippen molar-refractivity contribution in [2.24, 2.45) is 0 Å². The van der Waals surface area contributed by atoms with E-state index in [0.29, 0.717) is 10.4 Å². The second-order valence-corrected chi connectivity index (χ2v) is 5.03. The van der Waals surface area contributed by atoms with Gasteiger partial charge in [0.15, 0.2) is 0 Å². The van der Waals surface area contributed by atoms with E-state index in [1.165, 1.54) is 6.92 Å². The maximum absolute atomic E-state index is 13.3. The van der Waals surface area contributed by atoms with E-state index in [1.54, 1.807) is 13.0 Å². The minimum Gasteiger partial charge on any atom is -0.307 e. The number of nitrogens with one attached hydrogen (secondary N) is 1. The molecule has 0 fully saturated rings. The molecule has 0 aliphatic carbocycles. The van der Waals surface area contributed by atoms with Gasteiger partial charge in [-0.1, -0.05) is 0 Å². The van der Waals surface area contributed by atoms with E-state index in [1.807, 2.05) is 0 Å². The Morgan fingerprint density at radius 3 is 2.00 bits per heavy atom. The SMILES string of the molecule is CNC(c1sc(C)cc1C)C(F)(F)C(F)(F)F. The Hall–Kier alpha value is -0.690. The highest BCUT2D eigenvalue weighted by atomic mass is 32.1. The van der Waals surface area contributed by atoms with Crippen molar-refractivity contribution in [3.05, 3.63) is 21.4 Å². The highest BCUT2D eigenvalue weighted by Crippen LogP contribution is 2.46. The molecule has 7 heteroatoms. The van der Waals surface area contributed by atoms with Gasteiger partial charge in [0.05, 0.1) is 0 Å². The van der Waals surface area contributed by atoms with Gasteiger partial charge in [0, 0.05) is 9.75 Å². The normalized spacial score (nSPS) is 15.1. The highest BCUT2D eigenvalue weighted by molar-refractivity contribution is 7.12. The molecule has 0 aliphatic heterocycles. The molecular formula is C10H12F5NS. The van der Waals surface area contributed by atoms with Gasteiger partial charge in [-0.15, -0.1) is 11.3 Å². The van der Waals surface area contributed by atoms with Crippen molar-refractivity contribution in [1.82, 2.24) is 5.32 Å². The molecule has 1 atom stereocenters. The van der Waals surface area contributed by atoms with E-state index in [2.05, 4.69) is 5.32 Å². The van der Waals surface area contributed by atoms with Gasteiger partial charge in [-0.25, -0.2) is 0 Å². The predicted molar refractivity (Wildman–Crippen MR) is 56.6 cm³/mol. The van der Waals surface area contributed by atoms with E-state index in [4.69, 9.17) is 0 Å². The summed E-state index contributed by atoms with van der Waals surface area (Å²) in [5, 5.41) is 2.06. The van der Waals surface area contributed by atoms with Crippen LogP contribution in [0.25, 0.3) is 0 Å². The van der Waals surface area contributed by atoms with Crippen LogP contribution < -0.4 is 5.32 Å². The van der Waals surface area contributed by atoms with E-state index in [-0.39, 0.29) is 4.88 Å². The predicted octanol–water partition coefficient (Wildman–Crippen LogP) is 3.82. The number of thiophene rings is 1. The monoisotopic (exact) mass is 273 g/mol. The van der Waals surface area contributed by atoms with Crippen LogP contribution in [0.5, 0.6) is 0 Å². The first kappa shape index (κ1) is 14.4. The fourth-order valence-corrected chi connectivity index (χ4v) is 2.77. The first-order chi connectivity index (χ1) is 7.61. The fraction of sp³-hybridized carbons (Fsp3) is 0.600. The summed E-state index contributed by atoms with van der Waals surface area (Å²) < 4.78 is 63.5. The molecule has 1 aromatic rings. The summed E-state index contributed by atoms with van der Waals surface area (Å²) in [6, 6.07) is -0.447. The molecule has 0 spiro atoms. The molecular weight excluding hydrogens is 261 g/mol. The molecule has 1 rings (SSSR count). The Kier molecular flexibility index (Phi) is 3.83. The van der Waals surface area contributed by atoms with Crippen LogP contribution in [0.15, 0.2) is 6.07 Å². The summed E-state index contributed by atoms with van der Waals surface area (Å²) >= 11 is 0.948. The van der Waals surface area contributed by atoms with Crippen LogP contribution in [0.3, 0.4) is 0 Å². The molecule has 0 amide bonds. The minimum absolute atomic E-state index is 0.0207. The van der Waals surface area contributed by atoms with Gasteiger partial charge in [0.1, 0.15) is 6.04 Å². The van der Waals surface area contributed by atoms with Crippen LogP contribution in [0.4, 0.5) is 22.0 Å². The molecule has 0 bridgehead atoms. The topological polar surface area (TPSA) is 12.0 Å². The molecule has 1 heterocycles. The zero-order chi connectivity index (χ0) is 13.4. The second-order valence-electron chi connectivity index (χ2n) is 3.75. The molecule has 17 heavy (non-hydrogen) atoms. The van der Waals surface area contributed by atoms with Gasteiger partial charge < -0.3 is 5.32 Å². The number of hydrogen-bond acceptors (Lipinski definition) is 2. The van der Waals surface area contributed by atoms with Crippen molar-refractivity contribution in [3.63, 3.8) is 0 Å². The van der Waals surface area contributed by atoms with Crippen LogP contribution in [0.1, 0.15) is 21.4 Å². The number of alkyl halides is 5. The summed E-state index contributed by atoms with van der Waals surface area (Å²) in [6.45, 7) is 3.19. The number of halogens is 5. The van der Waals surface area contributed by atoms with E-state index in [9.17, 15) is 22.0 Å². The Balaban J connectivity index is 3.21. The number of aryl methyl sites for hydroxylation is 2. The van der Waals surface area contributed by atoms with Crippen molar-refractivity contribution >= 4 is 11.3 Å². The van der Waals surface area contributed by atoms with Crippen molar-refractivity contribution in [1.29, 1.82) is 0 Å². The number of rotatable bonds is 3. The van der Waals surface area contributed by atoms with Crippen LogP contribution in [0, 0.1) is 13.8 Å². The minimum atomic E-state index is -5.56. The maximum atomic E-state index is 13.3. The molecule has 0 radical (unpaired) electrons. The van der Waals surface area contributed by atoms with Crippen LogP contribution in [-0.2, 0) is 0 Å². The molecule has 1 unspecified atom stereocenters. The van der Waals surface area contributed by atoms with Gasteiger partial charge in [-0.05, 0) is 32.5 Å². The average Bonchev–Trinajstić information content (AvgIpc) is 2.44. The number of hydrogen-bond donors (Lipinski definition) is 1. The average molecular weight is 273 g/mol. The van der Waals surface area contributed by atoms with Crippen molar-refractivity contribution in [3.8, 4) is 0 Å². The highest BCUT2D eigenvalue weighted by Gasteiger charge is 2.62. The maximum Gasteiger partial charge on any atom is 0.455 e. The van der Waals surface area contributed by atoms with Gasteiger partial charge in [0.2, 0.25) is 0 Å². The Bertz CT molecular complexity index is 396. The van der Waals surface area contributed by atoms with E-state index < -0.39 is 18.1 Å². The van der Waals surface area contributed by atoms with Gasteiger partial charge in [0.25, 0.3) is 0 Å². The molecule has 98 valence electrons. The molecule has 1 N–H and O–H groups in total. The van der Waals surface area contributed by atoms with Gasteiger partial charge >= 0.3 is 12.1 Å². The summed E-state index contributed by atoms with van der Waals surface area (Å²) in [7, 11) is 1.10. The third-order valence-corrected chi connectivity index (χ3v) is 3.59. The lowest BCUT2D eigenvalue weighted by molar-refractivity contribution is -0.293. The van der Waals surface area contributed by atoms with Gasteiger partial charge in [-0.3, -0.25) is 0 Å². The zero-order valence-corrected chi connectivity index (χ0v) is 10.3. The third-order valence-electron chi connectivity index (χ3n) is 2.37. The zero-order valence-electron chi connectivity index (χ0n) is 9.45. The third kappa shape index (κ3) is 2.60. The van der Waals surface area contributed by atoms with Crippen LogP contribution in [-0.4, -0.2) is 19.1 Å². The quantitative estimate of drug-likeness (QED) is 0.825. The van der Waals surface area contributed by atoms with Crippen molar-refractivity contribution in [2.75, 3.05) is 7.05 Å². The molecule has 0 saturated heterocycles. The van der Waals surface area contributed by atoms with Gasteiger partial charge in [-0.2, -0.15) is 22.0 Å². The summed E-state index contributed by atoms with van der Waals surface area (Å²) in [5.74, 6) is -4.79. The Morgan fingerprint density at radius 2 is 1.71 bits per heavy atom. The first-order valence-corrected chi connectivity index (χ1v) is 5.61. The molecule has 0 saturated carbocycles. The summed E-state index contributed by atoms with van der Waals surface area (Å²) in [4.78, 5) is 0.725. The van der Waals surface area contributed by atoms with Crippen molar-refractivity contribution in [2.45, 2.75) is 32.0 Å². The largest absolute Gasteiger partial charge is 0.455 e. The summed E-state index contributed by atoms with van der Waals surface area (Å²) in [5.41, 5.74) is 0.441. The smallest absolute Gasteiger partial charge is 0.307 e. The lowest BCUT2D eigenvalue weighted by Gasteiger charge is -2.28. The lowest BCUT2D eigenvalue weighted by Crippen LogP contribution is -2.46. The van der Waals surface area contributed by atoms with Crippen LogP contribution in [0.2, 0.25) is 0 Å². The molecule has 0 aliphatic rings. The van der Waals surface area contributed by atoms with E-state index >= 15 is 0 Å². The van der Waals surface area contributed by atoms with E-state index in [0.717, 1.165) is 18.4 Å². The standard InChI is InChI=1S/C10H12F5NS/c1-5-4-6(2)17-7(5)8(16-3)9(11,12)10(13,14)15/h4,8,16H,1-3H3. The fourth-order valence-electron chi connectivity index (χ4n) is 1.59. The van der Waals surface area contributed by atoms with Crippen LogP contribution >= 0.6 is 11.3 Å². The lowest BCUT2D eigenvalue weighted by atomic mass is 10.1. The Labute approximate surface area is 99.6 Å². The first-order valence-electron chi connectivity index (χ1n) is 4.80. The van der Waals surface area contributed by atoms with Crippen molar-refractivity contribution < 1.29 is 22.0 Å². The molecule has 1 aromatic heterocycles. The molecule has 0 aromatic carbocycles.